The Bertz CT molecular complexity index is 1050. The minimum absolute atomic E-state index is 0.209. The molecule has 1 amide bonds. The Balaban J connectivity index is 1.71. The van der Waals surface area contributed by atoms with Gasteiger partial charge in [-0.15, -0.1) is 0 Å². The van der Waals surface area contributed by atoms with Crippen LogP contribution >= 0.6 is 46.4 Å². The van der Waals surface area contributed by atoms with Gasteiger partial charge in [0.15, 0.2) is 0 Å². The van der Waals surface area contributed by atoms with E-state index in [4.69, 9.17) is 51.1 Å². The molecule has 0 aromatic heterocycles. The molecule has 0 radical (unpaired) electrons. The van der Waals surface area contributed by atoms with Gasteiger partial charge in [-0.1, -0.05) is 76.7 Å². The molecule has 3 rings (SSSR count). The zero-order chi connectivity index (χ0) is 21.8. The number of aromatic carboxylic acids is 1. The Labute approximate surface area is 192 Å². The monoisotopic (exact) mass is 486 g/mol. The number of halogens is 4. The van der Waals surface area contributed by atoms with Gasteiger partial charge >= 0.3 is 5.97 Å². The Morgan fingerprint density at radius 1 is 1.00 bits per heavy atom. The maximum Gasteiger partial charge on any atom is 0.338 e. The lowest BCUT2D eigenvalue weighted by molar-refractivity contribution is 0.0575. The molecule has 0 bridgehead atoms. The van der Waals surface area contributed by atoms with Gasteiger partial charge in [-0.25, -0.2) is 4.79 Å². The molecule has 156 valence electrons. The minimum Gasteiger partial charge on any atom is -0.478 e. The summed E-state index contributed by atoms with van der Waals surface area (Å²) in [7, 11) is 0. The minimum atomic E-state index is -1.47. The van der Waals surface area contributed by atoms with Crippen LogP contribution in [0.5, 0.6) is 0 Å². The molecule has 0 saturated carbocycles. The van der Waals surface area contributed by atoms with Crippen molar-refractivity contribution in [2.24, 2.45) is 0 Å². The van der Waals surface area contributed by atoms with Crippen LogP contribution in [-0.2, 0) is 11.3 Å². The van der Waals surface area contributed by atoms with Crippen molar-refractivity contribution >= 4 is 58.3 Å². The van der Waals surface area contributed by atoms with Crippen LogP contribution in [0.15, 0.2) is 54.4 Å². The second kappa shape index (κ2) is 9.73. The van der Waals surface area contributed by atoms with Crippen LogP contribution in [0.25, 0.3) is 0 Å². The summed E-state index contributed by atoms with van der Waals surface area (Å²) in [6.07, 6.45) is 4.42. The summed E-state index contributed by atoms with van der Waals surface area (Å²) < 4.78 is 5.72. The number of hydrogen-bond acceptors (Lipinski definition) is 4. The van der Waals surface area contributed by atoms with Gasteiger partial charge in [-0.3, -0.25) is 4.79 Å². The first kappa shape index (κ1) is 22.5. The first-order valence-electron chi connectivity index (χ1n) is 8.50. The molecule has 0 fully saturated rings. The van der Waals surface area contributed by atoms with Crippen molar-refractivity contribution in [2.75, 3.05) is 0 Å². The van der Waals surface area contributed by atoms with Crippen molar-refractivity contribution in [3.63, 3.8) is 0 Å². The standard InChI is InChI=1S/C20H14Cl4N2O4/c21-15-13(14(20(28)29)16(22)18(24)17(15)23)19(27)26-11-6-7-12(25-8-11)30-9-10-4-2-1-3-5-10/h1-8,12,25H,9H2,(H,26,27)(H,28,29). The lowest BCUT2D eigenvalue weighted by atomic mass is 10.1. The normalized spacial score (nSPS) is 15.3. The lowest BCUT2D eigenvalue weighted by Crippen LogP contribution is -2.32. The third-order valence-corrected chi connectivity index (χ3v) is 5.89. The molecule has 2 aromatic carbocycles. The second-order valence-electron chi connectivity index (χ2n) is 6.11. The van der Waals surface area contributed by atoms with Gasteiger partial charge in [0, 0.05) is 6.20 Å². The molecule has 10 heteroatoms. The third kappa shape index (κ3) is 4.91. The number of carboxylic acids is 1. The molecule has 6 nitrogen and oxygen atoms in total. The van der Waals surface area contributed by atoms with E-state index in [0.717, 1.165) is 5.56 Å². The number of rotatable bonds is 6. The maximum atomic E-state index is 12.7. The molecule has 1 atom stereocenters. The van der Waals surface area contributed by atoms with Crippen LogP contribution in [-0.4, -0.2) is 23.2 Å². The molecule has 0 saturated heterocycles. The van der Waals surface area contributed by atoms with Crippen LogP contribution in [0.1, 0.15) is 26.3 Å². The van der Waals surface area contributed by atoms with E-state index in [2.05, 4.69) is 10.6 Å². The summed E-state index contributed by atoms with van der Waals surface area (Å²) in [5, 5.41) is 13.8. The number of carboxylic acid groups (broad SMARTS) is 1. The van der Waals surface area contributed by atoms with Crippen LogP contribution in [0.3, 0.4) is 0 Å². The van der Waals surface area contributed by atoms with Crippen molar-refractivity contribution in [3.05, 3.63) is 91.2 Å². The van der Waals surface area contributed by atoms with Gasteiger partial charge < -0.3 is 20.5 Å². The summed E-state index contributed by atoms with van der Waals surface area (Å²) in [4.78, 5) is 24.3. The highest BCUT2D eigenvalue weighted by Crippen LogP contribution is 2.41. The van der Waals surface area contributed by atoms with Gasteiger partial charge in [0.1, 0.15) is 6.23 Å². The number of ether oxygens (including phenoxy) is 1. The molecule has 1 unspecified atom stereocenters. The SMILES string of the molecule is O=C(O)c1c(Cl)c(Cl)c(Cl)c(Cl)c1C(=O)NC1=CNC(OCc2ccccc2)C=C1. The Hall–Kier alpha value is -2.22. The third-order valence-electron chi connectivity index (χ3n) is 4.09. The van der Waals surface area contributed by atoms with E-state index < -0.39 is 23.7 Å². The van der Waals surface area contributed by atoms with Gasteiger partial charge in [0.25, 0.3) is 5.91 Å². The van der Waals surface area contributed by atoms with Gasteiger partial charge in [0.05, 0.1) is 43.5 Å². The molecule has 1 aliphatic heterocycles. The van der Waals surface area contributed by atoms with E-state index in [1.54, 1.807) is 12.2 Å². The van der Waals surface area contributed by atoms with Crippen LogP contribution in [0.2, 0.25) is 20.1 Å². The second-order valence-corrected chi connectivity index (χ2v) is 7.62. The fourth-order valence-corrected chi connectivity index (χ4v) is 3.67. The molecule has 1 aliphatic rings. The average Bonchev–Trinajstić information content (AvgIpc) is 2.74. The molecular weight excluding hydrogens is 474 g/mol. The van der Waals surface area contributed by atoms with Crippen LogP contribution in [0.4, 0.5) is 0 Å². The Kier molecular flexibility index (Phi) is 7.28. The van der Waals surface area contributed by atoms with Crippen molar-refractivity contribution in [2.45, 2.75) is 12.8 Å². The van der Waals surface area contributed by atoms with Crippen molar-refractivity contribution in [1.29, 1.82) is 0 Å². The molecular formula is C20H14Cl4N2O4. The number of amides is 1. The number of allylic oxidation sites excluding steroid dienone is 1. The highest BCUT2D eigenvalue weighted by molar-refractivity contribution is 6.54. The number of dihydropyridines is 1. The van der Waals surface area contributed by atoms with Crippen molar-refractivity contribution in [1.82, 2.24) is 10.6 Å². The van der Waals surface area contributed by atoms with Crippen molar-refractivity contribution < 1.29 is 19.4 Å². The van der Waals surface area contributed by atoms with Crippen LogP contribution < -0.4 is 10.6 Å². The zero-order valence-corrected chi connectivity index (χ0v) is 18.1. The van der Waals surface area contributed by atoms with E-state index in [9.17, 15) is 14.7 Å². The highest BCUT2D eigenvalue weighted by atomic mass is 35.5. The summed E-state index contributed by atoms with van der Waals surface area (Å²) in [5.41, 5.74) is 0.448. The lowest BCUT2D eigenvalue weighted by Gasteiger charge is -2.20. The summed E-state index contributed by atoms with van der Waals surface area (Å²) in [6.45, 7) is 0.401. The van der Waals surface area contributed by atoms with E-state index >= 15 is 0 Å². The predicted molar refractivity (Wildman–Crippen MR) is 116 cm³/mol. The Morgan fingerprint density at radius 2 is 1.63 bits per heavy atom. The molecule has 2 aromatic rings. The van der Waals surface area contributed by atoms with E-state index in [1.165, 1.54) is 6.20 Å². The van der Waals surface area contributed by atoms with Crippen molar-refractivity contribution in [3.8, 4) is 0 Å². The zero-order valence-electron chi connectivity index (χ0n) is 15.1. The molecule has 1 heterocycles. The Morgan fingerprint density at radius 3 is 2.20 bits per heavy atom. The van der Waals surface area contributed by atoms with E-state index in [1.807, 2.05) is 30.3 Å². The molecule has 3 N–H and O–H groups in total. The predicted octanol–water partition coefficient (Wildman–Crippen LogP) is 5.27. The first-order valence-corrected chi connectivity index (χ1v) is 10.0. The smallest absolute Gasteiger partial charge is 0.338 e. The summed E-state index contributed by atoms with van der Waals surface area (Å²) >= 11 is 23.9. The van der Waals surface area contributed by atoms with Gasteiger partial charge in [-0.05, 0) is 17.7 Å². The summed E-state index contributed by atoms with van der Waals surface area (Å²) in [5.74, 6) is -2.27. The molecule has 30 heavy (non-hydrogen) atoms. The van der Waals surface area contributed by atoms with Gasteiger partial charge in [0.2, 0.25) is 0 Å². The highest BCUT2D eigenvalue weighted by Gasteiger charge is 2.29. The van der Waals surface area contributed by atoms with Gasteiger partial charge in [-0.2, -0.15) is 0 Å². The number of benzene rings is 2. The fraction of sp³-hybridized carbons (Fsp3) is 0.100. The van der Waals surface area contributed by atoms with E-state index in [-0.39, 0.29) is 25.7 Å². The number of carbonyl (C=O) groups is 2. The first-order chi connectivity index (χ1) is 14.3. The summed E-state index contributed by atoms with van der Waals surface area (Å²) in [6, 6.07) is 9.65. The number of carbonyl (C=O) groups excluding carboxylic acids is 1. The number of nitrogens with one attached hydrogen (secondary N) is 2. The quantitative estimate of drug-likeness (QED) is 0.381. The molecule has 0 spiro atoms. The fourth-order valence-electron chi connectivity index (χ4n) is 2.65. The van der Waals surface area contributed by atoms with Crippen LogP contribution in [0, 0.1) is 0 Å². The topological polar surface area (TPSA) is 87.7 Å². The number of hydrogen-bond donors (Lipinski definition) is 3. The largest absolute Gasteiger partial charge is 0.478 e. The van der Waals surface area contributed by atoms with E-state index in [0.29, 0.717) is 12.3 Å². The molecule has 0 aliphatic carbocycles. The average molecular weight is 488 g/mol. The maximum absolute atomic E-state index is 12.7.